The first kappa shape index (κ1) is 14.4. The van der Waals surface area contributed by atoms with Gasteiger partial charge in [-0.15, -0.1) is 11.3 Å². The zero-order chi connectivity index (χ0) is 15.0. The van der Waals surface area contributed by atoms with Crippen LogP contribution in [0.4, 0.5) is 5.69 Å². The summed E-state index contributed by atoms with van der Waals surface area (Å²) in [5, 5.41) is 4.19. The van der Waals surface area contributed by atoms with Crippen molar-refractivity contribution < 1.29 is 4.79 Å². The van der Waals surface area contributed by atoms with Crippen LogP contribution in [-0.2, 0) is 0 Å². The minimum atomic E-state index is -0.00916. The number of aryl methyl sites for hydroxylation is 1. The largest absolute Gasteiger partial charge is 0.397 e. The Balaban J connectivity index is 1.85. The van der Waals surface area contributed by atoms with Gasteiger partial charge in [-0.25, -0.2) is 0 Å². The summed E-state index contributed by atoms with van der Waals surface area (Å²) < 4.78 is 1.09. The maximum Gasteiger partial charge on any atom is 0.263 e. The van der Waals surface area contributed by atoms with Crippen molar-refractivity contribution in [1.29, 1.82) is 0 Å². The lowest BCUT2D eigenvalue weighted by molar-refractivity contribution is 0.0915. The van der Waals surface area contributed by atoms with Gasteiger partial charge in [-0.05, 0) is 37.3 Å². The van der Waals surface area contributed by atoms with E-state index < -0.39 is 0 Å². The van der Waals surface area contributed by atoms with Crippen LogP contribution in [0.2, 0.25) is 0 Å². The van der Waals surface area contributed by atoms with Gasteiger partial charge in [0.2, 0.25) is 0 Å². The maximum atomic E-state index is 12.6. The Bertz CT molecular complexity index is 677. The van der Waals surface area contributed by atoms with E-state index in [1.54, 1.807) is 0 Å². The zero-order valence-electron chi connectivity index (χ0n) is 12.6. The van der Waals surface area contributed by atoms with Crippen LogP contribution >= 0.6 is 11.3 Å². The molecule has 3 N–H and O–H groups in total. The van der Waals surface area contributed by atoms with Crippen LogP contribution in [0, 0.1) is 12.8 Å². The van der Waals surface area contributed by atoms with E-state index in [9.17, 15) is 4.79 Å². The van der Waals surface area contributed by atoms with Crippen molar-refractivity contribution in [1.82, 2.24) is 5.32 Å². The summed E-state index contributed by atoms with van der Waals surface area (Å²) in [6.07, 6.45) is 4.76. The summed E-state index contributed by atoms with van der Waals surface area (Å²) in [6, 6.07) is 6.43. The predicted molar refractivity (Wildman–Crippen MR) is 89.9 cm³/mol. The third-order valence-electron chi connectivity index (χ3n) is 4.52. The standard InChI is InChI=1S/C17H22N2OS/c1-10-7-8-12-14(9-10)21-16(15(12)18)17(20)19-13-6-4-3-5-11(13)2/h7-9,11,13H,3-6,18H2,1-2H3,(H,19,20). The highest BCUT2D eigenvalue weighted by Gasteiger charge is 2.25. The lowest BCUT2D eigenvalue weighted by Gasteiger charge is -2.29. The minimum Gasteiger partial charge on any atom is -0.397 e. The first-order valence-corrected chi connectivity index (χ1v) is 8.47. The van der Waals surface area contributed by atoms with Gasteiger partial charge < -0.3 is 11.1 Å². The number of nitrogens with two attached hydrogens (primary N) is 1. The molecule has 1 heterocycles. The number of benzene rings is 1. The molecular weight excluding hydrogens is 280 g/mol. The van der Waals surface area contributed by atoms with Gasteiger partial charge in [-0.2, -0.15) is 0 Å². The monoisotopic (exact) mass is 302 g/mol. The van der Waals surface area contributed by atoms with E-state index in [0.29, 0.717) is 16.5 Å². The predicted octanol–water partition coefficient (Wildman–Crippen LogP) is 4.10. The molecule has 0 spiro atoms. The van der Waals surface area contributed by atoms with Gasteiger partial charge in [0.05, 0.1) is 5.69 Å². The zero-order valence-corrected chi connectivity index (χ0v) is 13.4. The van der Waals surface area contributed by atoms with E-state index >= 15 is 0 Å². The molecule has 1 aliphatic carbocycles. The Morgan fingerprint density at radius 2 is 2.10 bits per heavy atom. The molecule has 1 aromatic carbocycles. The third kappa shape index (κ3) is 2.77. The molecule has 0 aliphatic heterocycles. The highest BCUT2D eigenvalue weighted by atomic mass is 32.1. The van der Waals surface area contributed by atoms with Gasteiger partial charge in [-0.3, -0.25) is 4.79 Å². The summed E-state index contributed by atoms with van der Waals surface area (Å²) in [5.41, 5.74) is 7.99. The number of carbonyl (C=O) groups is 1. The number of thiophene rings is 1. The number of nitrogen functional groups attached to an aromatic ring is 1. The van der Waals surface area contributed by atoms with Crippen molar-refractivity contribution in [3.63, 3.8) is 0 Å². The van der Waals surface area contributed by atoms with Gasteiger partial charge in [-0.1, -0.05) is 31.9 Å². The van der Waals surface area contributed by atoms with Crippen LogP contribution in [0.15, 0.2) is 18.2 Å². The van der Waals surface area contributed by atoms with Crippen LogP contribution in [0.5, 0.6) is 0 Å². The van der Waals surface area contributed by atoms with Crippen molar-refractivity contribution in [2.75, 3.05) is 5.73 Å². The Morgan fingerprint density at radius 3 is 2.86 bits per heavy atom. The fourth-order valence-electron chi connectivity index (χ4n) is 3.16. The molecule has 1 amide bonds. The van der Waals surface area contributed by atoms with Crippen LogP contribution < -0.4 is 11.1 Å². The van der Waals surface area contributed by atoms with Crippen molar-refractivity contribution in [2.45, 2.75) is 45.6 Å². The topological polar surface area (TPSA) is 55.1 Å². The molecule has 112 valence electrons. The van der Waals surface area contributed by atoms with Gasteiger partial charge in [0.1, 0.15) is 4.88 Å². The summed E-state index contributed by atoms with van der Waals surface area (Å²) in [7, 11) is 0. The summed E-state index contributed by atoms with van der Waals surface area (Å²) >= 11 is 1.50. The molecule has 3 nitrogen and oxygen atoms in total. The molecule has 0 bridgehead atoms. The fraction of sp³-hybridized carbons (Fsp3) is 0.471. The van der Waals surface area contributed by atoms with Gasteiger partial charge in [0.15, 0.2) is 0 Å². The molecule has 2 aromatic rings. The van der Waals surface area contributed by atoms with Gasteiger partial charge >= 0.3 is 0 Å². The van der Waals surface area contributed by atoms with E-state index in [1.807, 2.05) is 12.1 Å². The van der Waals surface area contributed by atoms with E-state index in [4.69, 9.17) is 5.73 Å². The van der Waals surface area contributed by atoms with Crippen LogP contribution in [-0.4, -0.2) is 11.9 Å². The summed E-state index contributed by atoms with van der Waals surface area (Å²) in [4.78, 5) is 13.2. The summed E-state index contributed by atoms with van der Waals surface area (Å²) in [5.74, 6) is 0.547. The molecule has 1 saturated carbocycles. The summed E-state index contributed by atoms with van der Waals surface area (Å²) in [6.45, 7) is 4.28. The molecule has 0 radical (unpaired) electrons. The normalized spacial score (nSPS) is 22.4. The number of carbonyl (C=O) groups excluding carboxylic acids is 1. The lowest BCUT2D eigenvalue weighted by Crippen LogP contribution is -2.40. The number of hydrogen-bond donors (Lipinski definition) is 2. The van der Waals surface area contributed by atoms with E-state index in [-0.39, 0.29) is 11.9 Å². The Labute approximate surface area is 129 Å². The average Bonchev–Trinajstić information content (AvgIpc) is 2.78. The highest BCUT2D eigenvalue weighted by molar-refractivity contribution is 7.21. The van der Waals surface area contributed by atoms with Crippen LogP contribution in [0.3, 0.4) is 0 Å². The lowest BCUT2D eigenvalue weighted by atomic mass is 9.86. The first-order valence-electron chi connectivity index (χ1n) is 7.65. The number of rotatable bonds is 2. The molecule has 2 atom stereocenters. The Morgan fingerprint density at radius 1 is 1.33 bits per heavy atom. The van der Waals surface area contributed by atoms with Crippen molar-refractivity contribution >= 4 is 33.0 Å². The van der Waals surface area contributed by atoms with Crippen molar-refractivity contribution in [3.8, 4) is 0 Å². The van der Waals surface area contributed by atoms with Crippen LogP contribution in [0.1, 0.15) is 47.8 Å². The average molecular weight is 302 g/mol. The number of fused-ring (bicyclic) bond motifs is 1. The molecule has 4 heteroatoms. The van der Waals surface area contributed by atoms with Gasteiger partial charge in [0, 0.05) is 16.1 Å². The molecule has 3 rings (SSSR count). The van der Waals surface area contributed by atoms with Gasteiger partial charge in [0.25, 0.3) is 5.91 Å². The second kappa shape index (κ2) is 5.68. The number of anilines is 1. The molecule has 0 saturated heterocycles. The molecule has 2 unspecified atom stereocenters. The quantitative estimate of drug-likeness (QED) is 0.877. The fourth-order valence-corrected chi connectivity index (χ4v) is 4.28. The number of nitrogens with one attached hydrogen (secondary N) is 1. The Hall–Kier alpha value is -1.55. The molecule has 21 heavy (non-hydrogen) atoms. The highest BCUT2D eigenvalue weighted by Crippen LogP contribution is 2.34. The van der Waals surface area contributed by atoms with Crippen molar-refractivity contribution in [3.05, 3.63) is 28.6 Å². The van der Waals surface area contributed by atoms with E-state index in [2.05, 4.69) is 25.2 Å². The molecule has 1 fully saturated rings. The number of hydrogen-bond acceptors (Lipinski definition) is 3. The maximum absolute atomic E-state index is 12.6. The van der Waals surface area contributed by atoms with E-state index in [1.165, 1.54) is 36.2 Å². The Kier molecular flexibility index (Phi) is 3.89. The van der Waals surface area contributed by atoms with Crippen LogP contribution in [0.25, 0.3) is 10.1 Å². The smallest absolute Gasteiger partial charge is 0.263 e. The molecule has 1 aliphatic rings. The van der Waals surface area contributed by atoms with Crippen molar-refractivity contribution in [2.24, 2.45) is 5.92 Å². The minimum absolute atomic E-state index is 0.00916. The van der Waals surface area contributed by atoms with E-state index in [0.717, 1.165) is 16.5 Å². The second-order valence-electron chi connectivity index (χ2n) is 6.19. The molecule has 1 aromatic heterocycles. The molecular formula is C17H22N2OS. The second-order valence-corrected chi connectivity index (χ2v) is 7.24. The third-order valence-corrected chi connectivity index (χ3v) is 5.69. The number of amides is 1. The first-order chi connectivity index (χ1) is 10.1. The SMILES string of the molecule is Cc1ccc2c(N)c(C(=O)NC3CCCCC3C)sc2c1.